The summed E-state index contributed by atoms with van der Waals surface area (Å²) in [6, 6.07) is 4.78. The van der Waals surface area contributed by atoms with Crippen molar-refractivity contribution < 1.29 is 17.9 Å². The largest absolute Gasteiger partial charge is 0.389 e. The number of hydrogen-bond donors (Lipinski definition) is 2. The maximum Gasteiger partial charge on any atom is 0.389 e. The highest BCUT2D eigenvalue weighted by Gasteiger charge is 2.25. The van der Waals surface area contributed by atoms with E-state index in [-0.39, 0.29) is 25.5 Å². The van der Waals surface area contributed by atoms with E-state index in [1.807, 2.05) is 0 Å². The van der Waals surface area contributed by atoms with E-state index in [0.717, 1.165) is 0 Å². The van der Waals surface area contributed by atoms with Crippen molar-refractivity contribution in [1.82, 2.24) is 0 Å². The molecule has 0 saturated carbocycles. The van der Waals surface area contributed by atoms with Gasteiger partial charge in [-0.2, -0.15) is 13.2 Å². The van der Waals surface area contributed by atoms with E-state index in [0.29, 0.717) is 16.1 Å². The van der Waals surface area contributed by atoms with Gasteiger partial charge in [0.2, 0.25) is 0 Å². The fourth-order valence-electron chi connectivity index (χ4n) is 1.39. The molecule has 1 aromatic rings. The lowest BCUT2D eigenvalue weighted by Gasteiger charge is -2.09. The molecule has 0 radical (unpaired) electrons. The number of halogens is 4. The van der Waals surface area contributed by atoms with Crippen LogP contribution in [0.2, 0.25) is 5.02 Å². The molecule has 106 valence electrons. The molecule has 0 amide bonds. The van der Waals surface area contributed by atoms with Gasteiger partial charge in [-0.25, -0.2) is 0 Å². The van der Waals surface area contributed by atoms with Gasteiger partial charge in [-0.05, 0) is 18.1 Å². The minimum Gasteiger partial charge on any atom is -0.384 e. The lowest BCUT2D eigenvalue weighted by molar-refractivity contribution is -0.138. The summed E-state index contributed by atoms with van der Waals surface area (Å²) < 4.78 is 40.8. The van der Waals surface area contributed by atoms with Crippen LogP contribution in [-0.4, -0.2) is 18.6 Å². The molecule has 3 N–H and O–H groups in total. The predicted molar refractivity (Wildman–Crippen MR) is 67.4 cm³/mol. The Balaban J connectivity index is 2.40. The lowest BCUT2D eigenvalue weighted by Crippen LogP contribution is -2.11. The summed E-state index contributed by atoms with van der Waals surface area (Å²) >= 11 is 5.95. The molecule has 7 heteroatoms. The number of benzene rings is 1. The summed E-state index contributed by atoms with van der Waals surface area (Å²) in [6.45, 7) is 0.152. The molecule has 0 unspecified atom stereocenters. The van der Waals surface area contributed by atoms with Crippen LogP contribution in [0, 0.1) is 5.41 Å². The van der Waals surface area contributed by atoms with E-state index in [1.54, 1.807) is 12.1 Å². The zero-order chi connectivity index (χ0) is 14.5. The summed E-state index contributed by atoms with van der Waals surface area (Å²) in [4.78, 5) is 0. The van der Waals surface area contributed by atoms with Crippen molar-refractivity contribution in [3.05, 3.63) is 34.3 Å². The lowest BCUT2D eigenvalue weighted by atomic mass is 10.1. The Morgan fingerprint density at radius 3 is 2.58 bits per heavy atom. The zero-order valence-electron chi connectivity index (χ0n) is 10.1. The normalized spacial score (nSPS) is 11.6. The van der Waals surface area contributed by atoms with Crippen LogP contribution in [0.1, 0.15) is 24.0 Å². The fraction of sp³-hybridized carbons (Fsp3) is 0.417. The van der Waals surface area contributed by atoms with Gasteiger partial charge in [0.15, 0.2) is 0 Å². The standard InChI is InChI=1S/C12H14ClF3N2O/c13-10-6-8(11(17)18)2-3-9(10)7-19-5-1-4-12(14,15)16/h2-3,6H,1,4-5,7H2,(H3,17,18). The van der Waals surface area contributed by atoms with Crippen LogP contribution in [0.5, 0.6) is 0 Å². The van der Waals surface area contributed by atoms with E-state index >= 15 is 0 Å². The quantitative estimate of drug-likeness (QED) is 0.479. The Morgan fingerprint density at radius 2 is 2.05 bits per heavy atom. The van der Waals surface area contributed by atoms with Crippen molar-refractivity contribution in [2.75, 3.05) is 6.61 Å². The number of hydrogen-bond acceptors (Lipinski definition) is 2. The van der Waals surface area contributed by atoms with E-state index in [2.05, 4.69) is 0 Å². The fourth-order valence-corrected chi connectivity index (χ4v) is 1.62. The van der Waals surface area contributed by atoms with Crippen LogP contribution in [0.3, 0.4) is 0 Å². The van der Waals surface area contributed by atoms with E-state index < -0.39 is 12.6 Å². The summed E-state index contributed by atoms with van der Waals surface area (Å²) in [5.74, 6) is -0.0976. The second kappa shape index (κ2) is 6.77. The van der Waals surface area contributed by atoms with Crippen LogP contribution in [-0.2, 0) is 11.3 Å². The highest BCUT2D eigenvalue weighted by Crippen LogP contribution is 2.22. The molecule has 3 nitrogen and oxygen atoms in total. The third-order valence-electron chi connectivity index (χ3n) is 2.37. The minimum atomic E-state index is -4.15. The summed E-state index contributed by atoms with van der Waals surface area (Å²) in [5.41, 5.74) is 6.44. The Labute approximate surface area is 114 Å². The molecule has 0 spiro atoms. The number of nitrogen functional groups attached to an aromatic ring is 1. The van der Waals surface area contributed by atoms with Crippen LogP contribution < -0.4 is 5.73 Å². The number of ether oxygens (including phenoxy) is 1. The number of nitrogens with one attached hydrogen (secondary N) is 1. The van der Waals surface area contributed by atoms with Crippen LogP contribution in [0.4, 0.5) is 13.2 Å². The first-order valence-corrected chi connectivity index (χ1v) is 5.95. The van der Waals surface area contributed by atoms with Gasteiger partial charge in [0, 0.05) is 23.6 Å². The molecular formula is C12H14ClF3N2O. The average Bonchev–Trinajstić information content (AvgIpc) is 2.28. The van der Waals surface area contributed by atoms with E-state index in [9.17, 15) is 13.2 Å². The van der Waals surface area contributed by atoms with E-state index in [4.69, 9.17) is 27.5 Å². The molecular weight excluding hydrogens is 281 g/mol. The van der Waals surface area contributed by atoms with Crippen LogP contribution in [0.15, 0.2) is 18.2 Å². The molecule has 0 fully saturated rings. The number of nitrogens with two attached hydrogens (primary N) is 1. The third kappa shape index (κ3) is 5.94. The first-order chi connectivity index (χ1) is 8.79. The van der Waals surface area contributed by atoms with Gasteiger partial charge in [0.25, 0.3) is 0 Å². The van der Waals surface area contributed by atoms with Crippen molar-refractivity contribution >= 4 is 17.4 Å². The van der Waals surface area contributed by atoms with Crippen LogP contribution >= 0.6 is 11.6 Å². The summed E-state index contributed by atoms with van der Waals surface area (Å²) in [6.07, 6.45) is -5.08. The zero-order valence-corrected chi connectivity index (χ0v) is 10.8. The number of amidine groups is 1. The van der Waals surface area contributed by atoms with Gasteiger partial charge >= 0.3 is 6.18 Å². The van der Waals surface area contributed by atoms with Crippen molar-refractivity contribution in [3.8, 4) is 0 Å². The SMILES string of the molecule is N=C(N)c1ccc(COCCCC(F)(F)F)c(Cl)c1. The highest BCUT2D eigenvalue weighted by atomic mass is 35.5. The first kappa shape index (κ1) is 15.8. The molecule has 0 aliphatic heterocycles. The maximum absolute atomic E-state index is 11.9. The molecule has 1 rings (SSSR count). The molecule has 0 saturated heterocycles. The predicted octanol–water partition coefficient (Wildman–Crippen LogP) is 3.48. The monoisotopic (exact) mass is 294 g/mol. The maximum atomic E-state index is 11.9. The summed E-state index contributed by atoms with van der Waals surface area (Å²) in [5, 5.41) is 7.61. The van der Waals surface area contributed by atoms with Gasteiger partial charge in [0.05, 0.1) is 6.61 Å². The van der Waals surface area contributed by atoms with E-state index in [1.165, 1.54) is 6.07 Å². The molecule has 0 heterocycles. The van der Waals surface area contributed by atoms with Gasteiger partial charge in [0.1, 0.15) is 5.84 Å². The molecule has 0 aliphatic rings. The average molecular weight is 295 g/mol. The third-order valence-corrected chi connectivity index (χ3v) is 2.72. The van der Waals surface area contributed by atoms with Crippen molar-refractivity contribution in [1.29, 1.82) is 5.41 Å². The van der Waals surface area contributed by atoms with Gasteiger partial charge in [-0.1, -0.05) is 23.7 Å². The first-order valence-electron chi connectivity index (χ1n) is 5.57. The topological polar surface area (TPSA) is 59.1 Å². The second-order valence-electron chi connectivity index (χ2n) is 3.99. The number of rotatable bonds is 6. The molecule has 0 aromatic heterocycles. The molecule has 0 aliphatic carbocycles. The second-order valence-corrected chi connectivity index (χ2v) is 4.40. The minimum absolute atomic E-state index is 0.0182. The van der Waals surface area contributed by atoms with Gasteiger partial charge < -0.3 is 10.5 Å². The van der Waals surface area contributed by atoms with Crippen LogP contribution in [0.25, 0.3) is 0 Å². The number of alkyl halides is 3. The molecule has 0 atom stereocenters. The smallest absolute Gasteiger partial charge is 0.384 e. The molecule has 0 bridgehead atoms. The highest BCUT2D eigenvalue weighted by molar-refractivity contribution is 6.31. The Morgan fingerprint density at radius 1 is 1.37 bits per heavy atom. The van der Waals surface area contributed by atoms with Crippen molar-refractivity contribution in [3.63, 3.8) is 0 Å². The molecule has 19 heavy (non-hydrogen) atoms. The summed E-state index contributed by atoms with van der Waals surface area (Å²) in [7, 11) is 0. The molecule has 1 aromatic carbocycles. The van der Waals surface area contributed by atoms with Gasteiger partial charge in [-0.3, -0.25) is 5.41 Å². The van der Waals surface area contributed by atoms with Crippen molar-refractivity contribution in [2.24, 2.45) is 5.73 Å². The van der Waals surface area contributed by atoms with Gasteiger partial charge in [-0.15, -0.1) is 0 Å². The van der Waals surface area contributed by atoms with Crippen molar-refractivity contribution in [2.45, 2.75) is 25.6 Å². The Kier molecular flexibility index (Phi) is 5.62. The Hall–Kier alpha value is -1.27. The Bertz CT molecular complexity index is 449.